The number of nitro benzene ring substituents is 1. The molecule has 0 aliphatic heterocycles. The van der Waals surface area contributed by atoms with Crippen LogP contribution in [0.4, 0.5) is 5.69 Å². The number of carbonyl (C=O) groups excluding carboxylic acids is 1. The number of nitrogens with zero attached hydrogens (tertiary/aromatic N) is 1. The summed E-state index contributed by atoms with van der Waals surface area (Å²) in [7, 11) is 1.37. The van der Waals surface area contributed by atoms with E-state index in [1.54, 1.807) is 0 Å². The molecule has 0 aliphatic rings. The second-order valence-corrected chi connectivity index (χ2v) is 5.01. The van der Waals surface area contributed by atoms with Gasteiger partial charge in [0.1, 0.15) is 5.75 Å². The van der Waals surface area contributed by atoms with Crippen molar-refractivity contribution in [2.24, 2.45) is 0 Å². The highest BCUT2D eigenvalue weighted by Crippen LogP contribution is 2.32. The average molecular weight is 342 g/mol. The van der Waals surface area contributed by atoms with E-state index in [4.69, 9.17) is 32.7 Å². The van der Waals surface area contributed by atoms with Gasteiger partial charge in [0.2, 0.25) is 5.75 Å². The standard InChI is InChI=1S/C14H9Cl2NO5/c1-21-11-2-3-13(12(7-11)17(19)20)22-14(18)8-4-9(15)6-10(16)5-8/h2-7H,1H3. The van der Waals surface area contributed by atoms with Crippen molar-refractivity contribution in [2.75, 3.05) is 7.11 Å². The number of esters is 1. The monoisotopic (exact) mass is 341 g/mol. The molecule has 2 rings (SSSR count). The largest absolute Gasteiger partial charge is 0.496 e. The van der Waals surface area contributed by atoms with Gasteiger partial charge in [-0.1, -0.05) is 23.2 Å². The fourth-order valence-corrected chi connectivity index (χ4v) is 2.21. The molecule has 6 nitrogen and oxygen atoms in total. The minimum absolute atomic E-state index is 0.0858. The van der Waals surface area contributed by atoms with E-state index >= 15 is 0 Å². The highest BCUT2D eigenvalue weighted by molar-refractivity contribution is 6.35. The molecule has 0 radical (unpaired) electrons. The molecular formula is C14H9Cl2NO5. The molecule has 0 N–H and O–H groups in total. The maximum atomic E-state index is 12.1. The Morgan fingerprint density at radius 2 is 1.77 bits per heavy atom. The van der Waals surface area contributed by atoms with Gasteiger partial charge in [-0.05, 0) is 30.3 Å². The predicted octanol–water partition coefficient (Wildman–Crippen LogP) is 4.13. The Labute approximate surface area is 135 Å². The Hall–Kier alpha value is -2.31. The van der Waals surface area contributed by atoms with Crippen LogP contribution in [0.1, 0.15) is 10.4 Å². The Balaban J connectivity index is 2.33. The number of nitro groups is 1. The van der Waals surface area contributed by atoms with Crippen molar-refractivity contribution in [1.82, 2.24) is 0 Å². The number of hydrogen-bond donors (Lipinski definition) is 0. The molecule has 0 bridgehead atoms. The van der Waals surface area contributed by atoms with Crippen LogP contribution in [0.2, 0.25) is 10.0 Å². The second-order valence-electron chi connectivity index (χ2n) is 4.14. The van der Waals surface area contributed by atoms with Crippen molar-refractivity contribution in [1.29, 1.82) is 0 Å². The normalized spacial score (nSPS) is 10.1. The van der Waals surface area contributed by atoms with Gasteiger partial charge in [-0.2, -0.15) is 0 Å². The van der Waals surface area contributed by atoms with Crippen molar-refractivity contribution < 1.29 is 19.2 Å². The van der Waals surface area contributed by atoms with E-state index in [-0.39, 0.29) is 32.8 Å². The van der Waals surface area contributed by atoms with E-state index in [0.29, 0.717) is 0 Å². The molecule has 0 unspecified atom stereocenters. The number of rotatable bonds is 4. The summed E-state index contributed by atoms with van der Waals surface area (Å²) >= 11 is 11.6. The van der Waals surface area contributed by atoms with E-state index in [1.165, 1.54) is 37.4 Å². The molecule has 0 fully saturated rings. The van der Waals surface area contributed by atoms with E-state index in [2.05, 4.69) is 0 Å². The first kappa shape index (κ1) is 16.1. The van der Waals surface area contributed by atoms with Crippen LogP contribution in [0.25, 0.3) is 0 Å². The average Bonchev–Trinajstić information content (AvgIpc) is 2.46. The predicted molar refractivity (Wildman–Crippen MR) is 81.1 cm³/mol. The molecule has 0 aliphatic carbocycles. The maximum absolute atomic E-state index is 12.1. The SMILES string of the molecule is COc1ccc(OC(=O)c2cc(Cl)cc(Cl)c2)c([N+](=O)[O-])c1. The van der Waals surface area contributed by atoms with E-state index < -0.39 is 10.9 Å². The smallest absolute Gasteiger partial charge is 0.343 e. The third-order valence-corrected chi connectivity index (χ3v) is 3.10. The lowest BCUT2D eigenvalue weighted by Crippen LogP contribution is -2.10. The zero-order valence-electron chi connectivity index (χ0n) is 11.2. The zero-order valence-corrected chi connectivity index (χ0v) is 12.7. The summed E-state index contributed by atoms with van der Waals surface area (Å²) in [5.74, 6) is -0.734. The summed E-state index contributed by atoms with van der Waals surface area (Å²) in [5.41, 5.74) is -0.302. The summed E-state index contributed by atoms with van der Waals surface area (Å²) in [6.07, 6.45) is 0. The maximum Gasteiger partial charge on any atom is 0.343 e. The number of hydrogen-bond acceptors (Lipinski definition) is 5. The molecule has 0 saturated carbocycles. The van der Waals surface area contributed by atoms with Crippen LogP contribution in [-0.4, -0.2) is 18.0 Å². The lowest BCUT2D eigenvalue weighted by Gasteiger charge is -2.07. The van der Waals surface area contributed by atoms with Crippen molar-refractivity contribution in [3.63, 3.8) is 0 Å². The quantitative estimate of drug-likeness (QED) is 0.361. The molecule has 22 heavy (non-hydrogen) atoms. The minimum atomic E-state index is -0.808. The van der Waals surface area contributed by atoms with Gasteiger partial charge in [0.25, 0.3) is 0 Å². The Morgan fingerprint density at radius 1 is 1.14 bits per heavy atom. The van der Waals surface area contributed by atoms with Crippen molar-refractivity contribution in [3.05, 3.63) is 62.1 Å². The van der Waals surface area contributed by atoms with Gasteiger partial charge in [-0.3, -0.25) is 10.1 Å². The topological polar surface area (TPSA) is 78.7 Å². The first-order valence-corrected chi connectivity index (χ1v) is 6.67. The van der Waals surface area contributed by atoms with Crippen LogP contribution < -0.4 is 9.47 Å². The number of benzene rings is 2. The fourth-order valence-electron chi connectivity index (χ4n) is 1.68. The number of ether oxygens (including phenoxy) is 2. The van der Waals surface area contributed by atoms with Crippen LogP contribution in [0.15, 0.2) is 36.4 Å². The van der Waals surface area contributed by atoms with Crippen LogP contribution in [0, 0.1) is 10.1 Å². The number of carbonyl (C=O) groups is 1. The summed E-state index contributed by atoms with van der Waals surface area (Å²) < 4.78 is 9.95. The third kappa shape index (κ3) is 3.66. The first-order valence-electron chi connectivity index (χ1n) is 5.91. The molecule has 2 aromatic rings. The van der Waals surface area contributed by atoms with Gasteiger partial charge >= 0.3 is 11.7 Å². The first-order chi connectivity index (χ1) is 10.4. The van der Waals surface area contributed by atoms with Crippen LogP contribution in [0.5, 0.6) is 11.5 Å². The summed E-state index contributed by atoms with van der Waals surface area (Å²) in [5, 5.41) is 11.5. The lowest BCUT2D eigenvalue weighted by atomic mass is 10.2. The third-order valence-electron chi connectivity index (χ3n) is 2.66. The molecule has 0 amide bonds. The molecule has 0 heterocycles. The van der Waals surface area contributed by atoms with E-state index in [0.717, 1.165) is 6.07 Å². The summed E-state index contributed by atoms with van der Waals surface area (Å²) in [4.78, 5) is 22.4. The van der Waals surface area contributed by atoms with Gasteiger partial charge in [0.15, 0.2) is 0 Å². The zero-order chi connectivity index (χ0) is 16.3. The van der Waals surface area contributed by atoms with Gasteiger partial charge < -0.3 is 9.47 Å². The van der Waals surface area contributed by atoms with Gasteiger partial charge in [-0.25, -0.2) is 4.79 Å². The molecule has 114 valence electrons. The molecule has 0 aromatic heterocycles. The van der Waals surface area contributed by atoms with Crippen LogP contribution >= 0.6 is 23.2 Å². The highest BCUT2D eigenvalue weighted by Gasteiger charge is 2.20. The summed E-state index contributed by atoms with van der Waals surface area (Å²) in [6.45, 7) is 0. The minimum Gasteiger partial charge on any atom is -0.496 e. The van der Waals surface area contributed by atoms with E-state index in [9.17, 15) is 14.9 Å². The van der Waals surface area contributed by atoms with Crippen molar-refractivity contribution in [2.45, 2.75) is 0 Å². The highest BCUT2D eigenvalue weighted by atomic mass is 35.5. The van der Waals surface area contributed by atoms with E-state index in [1.807, 2.05) is 0 Å². The molecule has 2 aromatic carbocycles. The summed E-state index contributed by atoms with van der Waals surface area (Å²) in [6, 6.07) is 8.04. The van der Waals surface area contributed by atoms with Crippen LogP contribution in [-0.2, 0) is 0 Å². The molecule has 0 spiro atoms. The van der Waals surface area contributed by atoms with Gasteiger partial charge in [-0.15, -0.1) is 0 Å². The fraction of sp³-hybridized carbons (Fsp3) is 0.0714. The Bertz CT molecular complexity index is 728. The van der Waals surface area contributed by atoms with Gasteiger partial charge in [0.05, 0.1) is 23.7 Å². The molecule has 0 atom stereocenters. The second kappa shape index (κ2) is 6.64. The van der Waals surface area contributed by atoms with Crippen molar-refractivity contribution >= 4 is 34.9 Å². The Kier molecular flexibility index (Phi) is 4.85. The van der Waals surface area contributed by atoms with Crippen LogP contribution in [0.3, 0.4) is 0 Å². The number of methoxy groups -OCH3 is 1. The molecule has 8 heteroatoms. The van der Waals surface area contributed by atoms with Crippen molar-refractivity contribution in [3.8, 4) is 11.5 Å². The Morgan fingerprint density at radius 3 is 2.32 bits per heavy atom. The molecular weight excluding hydrogens is 333 g/mol. The number of halogens is 2. The molecule has 0 saturated heterocycles. The van der Waals surface area contributed by atoms with Gasteiger partial charge in [0, 0.05) is 10.0 Å². The lowest BCUT2D eigenvalue weighted by molar-refractivity contribution is -0.385.